The van der Waals surface area contributed by atoms with E-state index in [2.05, 4.69) is 5.32 Å². The van der Waals surface area contributed by atoms with Crippen LogP contribution in [0.15, 0.2) is 0 Å². The average molecular weight is 298 g/mol. The van der Waals surface area contributed by atoms with Gasteiger partial charge in [0, 0.05) is 6.92 Å². The van der Waals surface area contributed by atoms with Gasteiger partial charge in [-0.2, -0.15) is 11.8 Å². The fourth-order valence-electron chi connectivity index (χ4n) is 0.730. The molecule has 0 bridgehead atoms. The zero-order chi connectivity index (χ0) is 9.56. The molecule has 1 amide bonds. The summed E-state index contributed by atoms with van der Waals surface area (Å²) < 4.78 is 0. The smallest absolute Gasteiger partial charge is 0.548 e. The number of hydrogen-bond donors (Lipinski definition) is 1. The van der Waals surface area contributed by atoms with Crippen molar-refractivity contribution in [3.63, 3.8) is 0 Å². The number of carbonyl (C=O) groups excluding carboxylic acids is 2. The van der Waals surface area contributed by atoms with Gasteiger partial charge in [0.1, 0.15) is 0 Å². The van der Waals surface area contributed by atoms with E-state index in [1.54, 1.807) is 0 Å². The van der Waals surface area contributed by atoms with E-state index in [0.717, 1.165) is 0 Å². The van der Waals surface area contributed by atoms with Crippen LogP contribution >= 0.6 is 11.8 Å². The summed E-state index contributed by atoms with van der Waals surface area (Å²) in [5, 5.41) is 12.7. The Morgan fingerprint density at radius 1 is 1.54 bits per heavy atom. The molecule has 13 heavy (non-hydrogen) atoms. The van der Waals surface area contributed by atoms with Crippen LogP contribution in [-0.2, 0) is 32.0 Å². The van der Waals surface area contributed by atoms with Crippen LogP contribution in [0, 0.1) is 0 Å². The van der Waals surface area contributed by atoms with E-state index >= 15 is 0 Å². The maximum Gasteiger partial charge on any atom is 1.00 e. The van der Waals surface area contributed by atoms with E-state index in [1.807, 2.05) is 6.26 Å². The van der Waals surface area contributed by atoms with Gasteiger partial charge in [0.05, 0.1) is 12.0 Å². The minimum Gasteiger partial charge on any atom is -0.548 e. The molecule has 0 rings (SSSR count). The molecule has 6 heteroatoms. The van der Waals surface area contributed by atoms with Gasteiger partial charge in [0.2, 0.25) is 5.91 Å². The molecule has 0 aromatic heterocycles. The van der Waals surface area contributed by atoms with E-state index in [9.17, 15) is 14.7 Å². The second-order valence-electron chi connectivity index (χ2n) is 2.35. The largest absolute Gasteiger partial charge is 1.00 e. The molecule has 0 aliphatic rings. The molecule has 0 aromatic rings. The summed E-state index contributed by atoms with van der Waals surface area (Å²) in [5.41, 5.74) is 0. The SMILES string of the molecule is CSCCC(NC(C)=O)C(=O)[O-].[Ag+]. The summed E-state index contributed by atoms with van der Waals surface area (Å²) >= 11 is 1.53. The van der Waals surface area contributed by atoms with E-state index in [0.29, 0.717) is 12.2 Å². The second-order valence-corrected chi connectivity index (χ2v) is 3.34. The number of carboxylic acids is 1. The summed E-state index contributed by atoms with van der Waals surface area (Å²) in [5.74, 6) is -0.872. The van der Waals surface area contributed by atoms with Gasteiger partial charge in [0.25, 0.3) is 0 Å². The molecule has 0 aromatic carbocycles. The van der Waals surface area contributed by atoms with E-state index < -0.39 is 12.0 Å². The average Bonchev–Trinajstić information content (AvgIpc) is 1.96. The first-order chi connectivity index (χ1) is 5.57. The first kappa shape index (κ1) is 15.5. The van der Waals surface area contributed by atoms with Crippen LogP contribution in [-0.4, -0.2) is 29.9 Å². The quantitative estimate of drug-likeness (QED) is 0.661. The Hall–Kier alpha value is 0.0303. The molecule has 0 saturated carbocycles. The van der Waals surface area contributed by atoms with Crippen LogP contribution in [0.5, 0.6) is 0 Å². The summed E-state index contributed by atoms with van der Waals surface area (Å²) in [6.07, 6.45) is 2.28. The normalized spacial score (nSPS) is 11.2. The molecule has 0 radical (unpaired) electrons. The number of nitrogens with one attached hydrogen (secondary N) is 1. The van der Waals surface area contributed by atoms with Gasteiger partial charge >= 0.3 is 22.4 Å². The third kappa shape index (κ3) is 8.36. The molecule has 0 saturated heterocycles. The Balaban J connectivity index is 0. The number of amides is 1. The van der Waals surface area contributed by atoms with Crippen molar-refractivity contribution in [1.82, 2.24) is 5.32 Å². The Morgan fingerprint density at radius 3 is 2.38 bits per heavy atom. The van der Waals surface area contributed by atoms with Crippen LogP contribution in [0.25, 0.3) is 0 Å². The molecular formula is C7H12AgNO3S. The number of rotatable bonds is 5. The fraction of sp³-hybridized carbons (Fsp3) is 0.714. The number of hydrogen-bond acceptors (Lipinski definition) is 4. The van der Waals surface area contributed by atoms with Gasteiger partial charge in [-0.1, -0.05) is 0 Å². The molecule has 80 valence electrons. The molecule has 0 aliphatic heterocycles. The third-order valence-corrected chi connectivity index (χ3v) is 1.92. The van der Waals surface area contributed by atoms with Gasteiger partial charge in [0.15, 0.2) is 0 Å². The van der Waals surface area contributed by atoms with Crippen LogP contribution in [0.1, 0.15) is 13.3 Å². The van der Waals surface area contributed by atoms with Crippen LogP contribution in [0.2, 0.25) is 0 Å². The molecule has 4 nitrogen and oxygen atoms in total. The maximum absolute atomic E-state index is 10.5. The molecule has 0 fully saturated rings. The van der Waals surface area contributed by atoms with Crippen molar-refractivity contribution in [2.75, 3.05) is 12.0 Å². The van der Waals surface area contributed by atoms with Crippen molar-refractivity contribution in [2.45, 2.75) is 19.4 Å². The summed E-state index contributed by atoms with van der Waals surface area (Å²) in [4.78, 5) is 20.9. The first-order valence-electron chi connectivity index (χ1n) is 3.54. The van der Waals surface area contributed by atoms with Crippen LogP contribution in [0.4, 0.5) is 0 Å². The zero-order valence-corrected chi connectivity index (χ0v) is 9.72. The minimum atomic E-state index is -1.22. The standard InChI is InChI=1S/C7H13NO3S.Ag/c1-5(9)8-6(7(10)11)3-4-12-2;/h6H,3-4H2,1-2H3,(H,8,9)(H,10,11);/q;+1/p-1. The molecule has 1 unspecified atom stereocenters. The zero-order valence-electron chi connectivity index (χ0n) is 7.43. The predicted molar refractivity (Wildman–Crippen MR) is 45.6 cm³/mol. The Bertz CT molecular complexity index is 177. The van der Waals surface area contributed by atoms with Crippen molar-refractivity contribution >= 4 is 23.6 Å². The topological polar surface area (TPSA) is 69.2 Å². The number of aliphatic carboxylic acids is 1. The summed E-state index contributed by atoms with van der Waals surface area (Å²) in [6, 6.07) is -0.852. The van der Waals surface area contributed by atoms with Gasteiger partial charge in [-0.05, 0) is 18.4 Å². The summed E-state index contributed by atoms with van der Waals surface area (Å²) in [6.45, 7) is 1.29. The van der Waals surface area contributed by atoms with Gasteiger partial charge in [-0.15, -0.1) is 0 Å². The molecule has 1 N–H and O–H groups in total. The Kier molecular flexibility index (Phi) is 10.3. The third-order valence-electron chi connectivity index (χ3n) is 1.27. The fourth-order valence-corrected chi connectivity index (χ4v) is 1.20. The first-order valence-corrected chi connectivity index (χ1v) is 4.94. The van der Waals surface area contributed by atoms with Crippen molar-refractivity contribution in [3.8, 4) is 0 Å². The van der Waals surface area contributed by atoms with Crippen LogP contribution < -0.4 is 10.4 Å². The van der Waals surface area contributed by atoms with Crippen molar-refractivity contribution in [2.24, 2.45) is 0 Å². The molecular weight excluding hydrogens is 286 g/mol. The van der Waals surface area contributed by atoms with Gasteiger partial charge < -0.3 is 15.2 Å². The Morgan fingerprint density at radius 2 is 2.08 bits per heavy atom. The van der Waals surface area contributed by atoms with Crippen LogP contribution in [0.3, 0.4) is 0 Å². The second kappa shape index (κ2) is 8.62. The van der Waals surface area contributed by atoms with Gasteiger partial charge in [-0.25, -0.2) is 0 Å². The molecule has 0 heterocycles. The molecule has 1 atom stereocenters. The minimum absolute atomic E-state index is 0. The number of carboxylic acid groups (broad SMARTS) is 1. The molecule has 0 spiro atoms. The summed E-state index contributed by atoms with van der Waals surface area (Å²) in [7, 11) is 0. The number of carbonyl (C=O) groups is 2. The van der Waals surface area contributed by atoms with E-state index in [1.165, 1.54) is 18.7 Å². The van der Waals surface area contributed by atoms with Crippen molar-refractivity contribution in [3.05, 3.63) is 0 Å². The molecule has 0 aliphatic carbocycles. The maximum atomic E-state index is 10.5. The number of thioether (sulfide) groups is 1. The van der Waals surface area contributed by atoms with Crippen molar-refractivity contribution < 1.29 is 37.1 Å². The van der Waals surface area contributed by atoms with E-state index in [4.69, 9.17) is 0 Å². The predicted octanol–water partition coefficient (Wildman–Crippen LogP) is -1.01. The monoisotopic (exact) mass is 297 g/mol. The Labute approximate surface area is 97.4 Å². The van der Waals surface area contributed by atoms with Gasteiger partial charge in [-0.3, -0.25) is 4.79 Å². The van der Waals surface area contributed by atoms with Crippen molar-refractivity contribution in [1.29, 1.82) is 0 Å². The van der Waals surface area contributed by atoms with E-state index in [-0.39, 0.29) is 28.3 Å².